The summed E-state index contributed by atoms with van der Waals surface area (Å²) in [5.41, 5.74) is 1.24. The van der Waals surface area contributed by atoms with Crippen molar-refractivity contribution in [3.63, 3.8) is 0 Å². The number of benzene rings is 1. The Morgan fingerprint density at radius 1 is 1.44 bits per heavy atom. The highest BCUT2D eigenvalue weighted by Crippen LogP contribution is 2.31. The lowest BCUT2D eigenvalue weighted by atomic mass is 10.1. The second-order valence-corrected chi connectivity index (χ2v) is 6.60. The molecule has 0 radical (unpaired) electrons. The second kappa shape index (κ2) is 5.72. The number of rotatable bonds is 3. The molecule has 0 aliphatic carbocycles. The topological polar surface area (TPSA) is 21.3 Å². The Labute approximate surface area is 117 Å². The zero-order valence-electron chi connectivity index (χ0n) is 10.3. The number of hydrogen-bond acceptors (Lipinski definition) is 3. The van der Waals surface area contributed by atoms with Crippen LogP contribution in [0.15, 0.2) is 18.2 Å². The van der Waals surface area contributed by atoms with Crippen LogP contribution in [-0.2, 0) is 6.42 Å². The third kappa shape index (κ3) is 2.95. The van der Waals surface area contributed by atoms with E-state index in [9.17, 15) is 0 Å². The van der Waals surface area contributed by atoms with Gasteiger partial charge in [-0.1, -0.05) is 11.6 Å². The molecule has 4 heteroatoms. The Bertz CT molecular complexity index is 420. The molecule has 0 amide bonds. The molecule has 18 heavy (non-hydrogen) atoms. The van der Waals surface area contributed by atoms with Gasteiger partial charge in [0.25, 0.3) is 0 Å². The number of hydrogen-bond donors (Lipinski definition) is 1. The quantitative estimate of drug-likeness (QED) is 0.921. The maximum atomic E-state index is 6.00. The van der Waals surface area contributed by atoms with E-state index in [0.29, 0.717) is 6.04 Å². The molecule has 3 rings (SSSR count). The monoisotopic (exact) mass is 283 g/mol. The van der Waals surface area contributed by atoms with Crippen LogP contribution in [0.5, 0.6) is 5.75 Å². The van der Waals surface area contributed by atoms with Crippen molar-refractivity contribution in [3.8, 4) is 5.75 Å². The van der Waals surface area contributed by atoms with E-state index in [-0.39, 0.29) is 6.10 Å². The summed E-state index contributed by atoms with van der Waals surface area (Å²) >= 11 is 8.05. The lowest BCUT2D eigenvalue weighted by Crippen LogP contribution is -2.40. The molecule has 1 N–H and O–H groups in total. The van der Waals surface area contributed by atoms with Crippen LogP contribution < -0.4 is 10.1 Å². The van der Waals surface area contributed by atoms with Crippen LogP contribution in [0, 0.1) is 0 Å². The predicted molar refractivity (Wildman–Crippen MR) is 77.9 cm³/mol. The lowest BCUT2D eigenvalue weighted by molar-refractivity contribution is 0.221. The highest BCUT2D eigenvalue weighted by molar-refractivity contribution is 7.99. The molecule has 2 aliphatic rings. The van der Waals surface area contributed by atoms with Gasteiger partial charge in [0.05, 0.1) is 0 Å². The minimum Gasteiger partial charge on any atom is -0.488 e. The molecular formula is C14H18ClNOS. The van der Waals surface area contributed by atoms with Gasteiger partial charge in [0, 0.05) is 29.8 Å². The zero-order chi connectivity index (χ0) is 12.4. The molecule has 1 saturated heterocycles. The Morgan fingerprint density at radius 2 is 2.39 bits per heavy atom. The Kier molecular flexibility index (Phi) is 4.02. The van der Waals surface area contributed by atoms with Crippen LogP contribution in [0.2, 0.25) is 5.02 Å². The summed E-state index contributed by atoms with van der Waals surface area (Å²) in [5, 5.41) is 4.43. The number of fused-ring (bicyclic) bond motifs is 1. The van der Waals surface area contributed by atoms with Crippen LogP contribution >= 0.6 is 23.4 Å². The fourth-order valence-electron chi connectivity index (χ4n) is 2.60. The van der Waals surface area contributed by atoms with E-state index < -0.39 is 0 Å². The van der Waals surface area contributed by atoms with Gasteiger partial charge in [-0.3, -0.25) is 0 Å². The molecule has 2 atom stereocenters. The minimum absolute atomic E-state index is 0.269. The Balaban J connectivity index is 1.51. The SMILES string of the molecule is Clc1ccc2c(c1)CC(CNC1CCCSC1)O2. The highest BCUT2D eigenvalue weighted by atomic mass is 35.5. The highest BCUT2D eigenvalue weighted by Gasteiger charge is 2.24. The minimum atomic E-state index is 0.269. The van der Waals surface area contributed by atoms with E-state index in [1.54, 1.807) is 0 Å². The standard InChI is InChI=1S/C14H18ClNOS/c15-11-3-4-14-10(6-11)7-13(17-14)8-16-12-2-1-5-18-9-12/h3-4,6,12-13,16H,1-2,5,7-9H2. The summed E-state index contributed by atoms with van der Waals surface area (Å²) in [7, 11) is 0. The average molecular weight is 284 g/mol. The van der Waals surface area contributed by atoms with Crippen molar-refractivity contribution in [2.75, 3.05) is 18.1 Å². The van der Waals surface area contributed by atoms with Crippen molar-refractivity contribution < 1.29 is 4.74 Å². The van der Waals surface area contributed by atoms with Crippen molar-refractivity contribution in [2.45, 2.75) is 31.4 Å². The molecule has 0 bridgehead atoms. The first-order valence-electron chi connectivity index (χ1n) is 6.57. The van der Waals surface area contributed by atoms with Crippen LogP contribution in [0.25, 0.3) is 0 Å². The van der Waals surface area contributed by atoms with Gasteiger partial charge in [-0.2, -0.15) is 11.8 Å². The van der Waals surface area contributed by atoms with Crippen molar-refractivity contribution in [2.24, 2.45) is 0 Å². The molecule has 2 aliphatic heterocycles. The van der Waals surface area contributed by atoms with Crippen LogP contribution in [0.4, 0.5) is 0 Å². The third-order valence-electron chi connectivity index (χ3n) is 3.56. The van der Waals surface area contributed by atoms with Crippen molar-refractivity contribution in [3.05, 3.63) is 28.8 Å². The third-order valence-corrected chi connectivity index (χ3v) is 5.01. The molecule has 0 saturated carbocycles. The van der Waals surface area contributed by atoms with E-state index in [4.69, 9.17) is 16.3 Å². The van der Waals surface area contributed by atoms with Gasteiger partial charge in [0.15, 0.2) is 0 Å². The van der Waals surface area contributed by atoms with E-state index in [1.165, 1.54) is 29.9 Å². The predicted octanol–water partition coefficient (Wildman–Crippen LogP) is 3.13. The molecule has 2 heterocycles. The van der Waals surface area contributed by atoms with Gasteiger partial charge in [-0.25, -0.2) is 0 Å². The number of thioether (sulfide) groups is 1. The van der Waals surface area contributed by atoms with Crippen LogP contribution in [-0.4, -0.2) is 30.2 Å². The van der Waals surface area contributed by atoms with Gasteiger partial charge >= 0.3 is 0 Å². The molecule has 98 valence electrons. The van der Waals surface area contributed by atoms with E-state index >= 15 is 0 Å². The molecule has 1 aromatic carbocycles. The maximum Gasteiger partial charge on any atom is 0.123 e. The fraction of sp³-hybridized carbons (Fsp3) is 0.571. The maximum absolute atomic E-state index is 6.00. The molecule has 0 aromatic heterocycles. The van der Waals surface area contributed by atoms with E-state index in [1.807, 2.05) is 18.2 Å². The first-order chi connectivity index (χ1) is 8.81. The fourth-order valence-corrected chi connectivity index (χ4v) is 3.90. The van der Waals surface area contributed by atoms with Crippen molar-refractivity contribution in [1.82, 2.24) is 5.32 Å². The summed E-state index contributed by atoms with van der Waals surface area (Å²) in [5.74, 6) is 3.57. The molecular weight excluding hydrogens is 266 g/mol. The van der Waals surface area contributed by atoms with E-state index in [0.717, 1.165) is 23.7 Å². The first kappa shape index (κ1) is 12.6. The molecule has 2 nitrogen and oxygen atoms in total. The van der Waals surface area contributed by atoms with E-state index in [2.05, 4.69) is 17.1 Å². The Morgan fingerprint density at radius 3 is 3.22 bits per heavy atom. The number of nitrogens with one attached hydrogen (secondary N) is 1. The summed E-state index contributed by atoms with van der Waals surface area (Å²) in [6, 6.07) is 6.56. The zero-order valence-corrected chi connectivity index (χ0v) is 11.9. The number of halogens is 1. The summed E-state index contributed by atoms with van der Waals surface area (Å²) in [6.07, 6.45) is 3.88. The van der Waals surface area contributed by atoms with Gasteiger partial charge in [0.2, 0.25) is 0 Å². The van der Waals surface area contributed by atoms with Crippen molar-refractivity contribution in [1.29, 1.82) is 0 Å². The molecule has 1 aromatic rings. The molecule has 1 fully saturated rings. The number of ether oxygens (including phenoxy) is 1. The second-order valence-electron chi connectivity index (χ2n) is 5.02. The largest absolute Gasteiger partial charge is 0.488 e. The molecule has 2 unspecified atom stereocenters. The van der Waals surface area contributed by atoms with Crippen LogP contribution in [0.3, 0.4) is 0 Å². The van der Waals surface area contributed by atoms with Gasteiger partial charge < -0.3 is 10.1 Å². The van der Waals surface area contributed by atoms with Gasteiger partial charge in [0.1, 0.15) is 11.9 Å². The summed E-state index contributed by atoms with van der Waals surface area (Å²) < 4.78 is 5.93. The normalized spacial score (nSPS) is 26.7. The van der Waals surface area contributed by atoms with Crippen LogP contribution in [0.1, 0.15) is 18.4 Å². The van der Waals surface area contributed by atoms with Gasteiger partial charge in [-0.05, 0) is 42.4 Å². The van der Waals surface area contributed by atoms with Gasteiger partial charge in [-0.15, -0.1) is 0 Å². The average Bonchev–Trinajstić information content (AvgIpc) is 2.79. The first-order valence-corrected chi connectivity index (χ1v) is 8.11. The summed E-state index contributed by atoms with van der Waals surface area (Å²) in [6.45, 7) is 0.942. The lowest BCUT2D eigenvalue weighted by Gasteiger charge is -2.24. The molecule has 0 spiro atoms. The van der Waals surface area contributed by atoms with Crippen molar-refractivity contribution >= 4 is 23.4 Å². The smallest absolute Gasteiger partial charge is 0.123 e. The summed E-state index contributed by atoms with van der Waals surface area (Å²) in [4.78, 5) is 0. The Hall–Kier alpha value is -0.380.